The van der Waals surface area contributed by atoms with E-state index in [1.165, 1.54) is 13.3 Å². The number of aromatic nitrogens is 1. The highest BCUT2D eigenvalue weighted by Crippen LogP contribution is 2.16. The summed E-state index contributed by atoms with van der Waals surface area (Å²) in [4.78, 5) is 15.5. The molecular weight excluding hydrogens is 194 g/mol. The smallest absolute Gasteiger partial charge is 0.192 e. The number of hydrogen-bond donors (Lipinski definition) is 0. The summed E-state index contributed by atoms with van der Waals surface area (Å²) < 4.78 is 10.2. The van der Waals surface area contributed by atoms with Gasteiger partial charge in [-0.25, -0.2) is 0 Å². The third-order valence-corrected chi connectivity index (χ3v) is 1.89. The Morgan fingerprint density at radius 1 is 1.53 bits per heavy atom. The molecule has 0 amide bonds. The van der Waals surface area contributed by atoms with Crippen LogP contribution in [-0.2, 0) is 4.74 Å². The van der Waals surface area contributed by atoms with Gasteiger partial charge in [0.05, 0.1) is 18.9 Å². The van der Waals surface area contributed by atoms with Crippen LogP contribution in [0.15, 0.2) is 18.5 Å². The number of pyridine rings is 1. The van der Waals surface area contributed by atoms with E-state index in [4.69, 9.17) is 9.47 Å². The molecule has 0 aromatic carbocycles. The zero-order valence-corrected chi connectivity index (χ0v) is 9.03. The van der Waals surface area contributed by atoms with Gasteiger partial charge >= 0.3 is 0 Å². The molecule has 4 heteroatoms. The van der Waals surface area contributed by atoms with Crippen LogP contribution < -0.4 is 4.74 Å². The Morgan fingerprint density at radius 2 is 2.33 bits per heavy atom. The van der Waals surface area contributed by atoms with Crippen LogP contribution >= 0.6 is 0 Å². The van der Waals surface area contributed by atoms with Crippen LogP contribution in [0.4, 0.5) is 0 Å². The number of ether oxygens (including phenoxy) is 2. The zero-order valence-electron chi connectivity index (χ0n) is 9.03. The largest absolute Gasteiger partial charge is 0.494 e. The normalized spacial score (nSPS) is 10.0. The first-order chi connectivity index (χ1) is 7.29. The Balaban J connectivity index is 2.64. The summed E-state index contributed by atoms with van der Waals surface area (Å²) in [5, 5.41) is 0. The number of hydrogen-bond acceptors (Lipinski definition) is 4. The van der Waals surface area contributed by atoms with Gasteiger partial charge in [0.15, 0.2) is 5.78 Å². The molecule has 1 heterocycles. The maximum Gasteiger partial charge on any atom is 0.192 e. The van der Waals surface area contributed by atoms with Gasteiger partial charge in [-0.2, -0.15) is 0 Å². The summed E-state index contributed by atoms with van der Waals surface area (Å²) in [7, 11) is 1.51. The third kappa shape index (κ3) is 3.32. The average molecular weight is 209 g/mol. The van der Waals surface area contributed by atoms with Gasteiger partial charge in [0.2, 0.25) is 0 Å². The summed E-state index contributed by atoms with van der Waals surface area (Å²) in [6.45, 7) is 2.69. The summed E-state index contributed by atoms with van der Waals surface area (Å²) >= 11 is 0. The van der Waals surface area contributed by atoms with E-state index in [2.05, 4.69) is 4.98 Å². The molecule has 0 aliphatic carbocycles. The highest BCUT2D eigenvalue weighted by atomic mass is 16.5. The van der Waals surface area contributed by atoms with Gasteiger partial charge in [-0.15, -0.1) is 0 Å². The molecule has 0 aliphatic heterocycles. The highest BCUT2D eigenvalue weighted by Gasteiger charge is 2.11. The molecular formula is C11H15NO3. The molecule has 1 rings (SSSR count). The Morgan fingerprint density at radius 3 is 3.00 bits per heavy atom. The highest BCUT2D eigenvalue weighted by molar-refractivity contribution is 5.99. The Kier molecular flexibility index (Phi) is 4.77. The lowest BCUT2D eigenvalue weighted by Crippen LogP contribution is -2.11. The number of carbonyl (C=O) groups excluding carboxylic acids is 1. The lowest BCUT2D eigenvalue weighted by Gasteiger charge is -2.06. The van der Waals surface area contributed by atoms with Crippen LogP contribution in [0.3, 0.4) is 0 Å². The molecule has 0 bridgehead atoms. The van der Waals surface area contributed by atoms with E-state index in [-0.39, 0.29) is 12.4 Å². The van der Waals surface area contributed by atoms with Gasteiger partial charge < -0.3 is 9.47 Å². The van der Waals surface area contributed by atoms with E-state index in [0.717, 1.165) is 6.42 Å². The number of ketones is 1. The maximum absolute atomic E-state index is 11.7. The second-order valence-corrected chi connectivity index (χ2v) is 3.05. The van der Waals surface area contributed by atoms with Gasteiger partial charge in [-0.1, -0.05) is 6.92 Å². The van der Waals surface area contributed by atoms with Crippen LogP contribution in [0, 0.1) is 0 Å². The lowest BCUT2D eigenvalue weighted by molar-refractivity contribution is 0.0758. The van der Waals surface area contributed by atoms with E-state index in [1.807, 2.05) is 6.92 Å². The summed E-state index contributed by atoms with van der Waals surface area (Å²) in [5.41, 5.74) is 0.517. The molecule has 0 fully saturated rings. The summed E-state index contributed by atoms with van der Waals surface area (Å²) in [6.07, 6.45) is 3.99. The Bertz CT molecular complexity index is 325. The molecule has 0 atom stereocenters. The molecule has 1 aromatic heterocycles. The van der Waals surface area contributed by atoms with E-state index in [9.17, 15) is 4.79 Å². The summed E-state index contributed by atoms with van der Waals surface area (Å²) in [5.74, 6) is 0.408. The van der Waals surface area contributed by atoms with E-state index in [1.54, 1.807) is 12.3 Å². The topological polar surface area (TPSA) is 48.4 Å². The molecule has 1 aromatic rings. The molecule has 0 radical (unpaired) electrons. The van der Waals surface area contributed by atoms with Crippen molar-refractivity contribution in [2.24, 2.45) is 0 Å². The van der Waals surface area contributed by atoms with Crippen molar-refractivity contribution in [1.29, 1.82) is 0 Å². The van der Waals surface area contributed by atoms with E-state index >= 15 is 0 Å². The molecule has 4 nitrogen and oxygen atoms in total. The first kappa shape index (κ1) is 11.7. The molecule has 0 saturated carbocycles. The minimum absolute atomic E-state index is 0.0808. The van der Waals surface area contributed by atoms with Crippen LogP contribution in [-0.4, -0.2) is 31.1 Å². The minimum atomic E-state index is -0.0808. The SMILES string of the molecule is CCCOCC(=O)c1ccncc1OC. The fourth-order valence-electron chi connectivity index (χ4n) is 1.16. The van der Waals surface area contributed by atoms with Gasteiger partial charge in [0, 0.05) is 12.8 Å². The van der Waals surface area contributed by atoms with E-state index < -0.39 is 0 Å². The fourth-order valence-corrected chi connectivity index (χ4v) is 1.16. The molecule has 0 N–H and O–H groups in total. The van der Waals surface area contributed by atoms with Crippen LogP contribution in [0.5, 0.6) is 5.75 Å². The second-order valence-electron chi connectivity index (χ2n) is 3.05. The first-order valence-electron chi connectivity index (χ1n) is 4.88. The Labute approximate surface area is 89.2 Å². The van der Waals surface area contributed by atoms with Crippen molar-refractivity contribution in [1.82, 2.24) is 4.98 Å². The van der Waals surface area contributed by atoms with Crippen molar-refractivity contribution in [2.45, 2.75) is 13.3 Å². The lowest BCUT2D eigenvalue weighted by atomic mass is 10.2. The van der Waals surface area contributed by atoms with Crippen molar-refractivity contribution in [2.75, 3.05) is 20.3 Å². The molecule has 82 valence electrons. The van der Waals surface area contributed by atoms with Crippen LogP contribution in [0.1, 0.15) is 23.7 Å². The monoisotopic (exact) mass is 209 g/mol. The average Bonchev–Trinajstić information content (AvgIpc) is 2.29. The van der Waals surface area contributed by atoms with Crippen molar-refractivity contribution < 1.29 is 14.3 Å². The minimum Gasteiger partial charge on any atom is -0.494 e. The van der Waals surface area contributed by atoms with Crippen LogP contribution in [0.25, 0.3) is 0 Å². The first-order valence-corrected chi connectivity index (χ1v) is 4.88. The van der Waals surface area contributed by atoms with Crippen molar-refractivity contribution in [3.05, 3.63) is 24.0 Å². The van der Waals surface area contributed by atoms with Gasteiger partial charge in [0.1, 0.15) is 12.4 Å². The zero-order chi connectivity index (χ0) is 11.1. The third-order valence-electron chi connectivity index (χ3n) is 1.89. The number of rotatable bonds is 6. The molecule has 0 unspecified atom stereocenters. The standard InChI is InChI=1S/C11H15NO3/c1-3-6-15-8-10(13)9-4-5-12-7-11(9)14-2/h4-5,7H,3,6,8H2,1-2H3. The van der Waals surface area contributed by atoms with Crippen molar-refractivity contribution in [3.63, 3.8) is 0 Å². The Hall–Kier alpha value is -1.42. The number of carbonyl (C=O) groups is 1. The predicted octanol–water partition coefficient (Wildman–Crippen LogP) is 1.70. The molecule has 0 aliphatic rings. The van der Waals surface area contributed by atoms with Gasteiger partial charge in [0.25, 0.3) is 0 Å². The quantitative estimate of drug-likeness (QED) is 0.528. The number of methoxy groups -OCH3 is 1. The molecule has 0 spiro atoms. The fraction of sp³-hybridized carbons (Fsp3) is 0.455. The summed E-state index contributed by atoms with van der Waals surface area (Å²) in [6, 6.07) is 1.64. The predicted molar refractivity (Wildman–Crippen MR) is 56.2 cm³/mol. The van der Waals surface area contributed by atoms with E-state index in [0.29, 0.717) is 17.9 Å². The second kappa shape index (κ2) is 6.14. The van der Waals surface area contributed by atoms with Crippen LogP contribution in [0.2, 0.25) is 0 Å². The number of nitrogens with zero attached hydrogens (tertiary/aromatic N) is 1. The van der Waals surface area contributed by atoms with Gasteiger partial charge in [-0.3, -0.25) is 9.78 Å². The van der Waals surface area contributed by atoms with Gasteiger partial charge in [-0.05, 0) is 12.5 Å². The number of Topliss-reactive ketones (excluding diaryl/α,β-unsaturated/α-hetero) is 1. The molecule has 0 saturated heterocycles. The van der Waals surface area contributed by atoms with Crippen molar-refractivity contribution in [3.8, 4) is 5.75 Å². The maximum atomic E-state index is 11.7. The van der Waals surface area contributed by atoms with Crippen molar-refractivity contribution >= 4 is 5.78 Å². The molecule has 15 heavy (non-hydrogen) atoms.